The molecule has 0 aromatic heterocycles. The first-order valence-electron chi connectivity index (χ1n) is 5.39. The van der Waals surface area contributed by atoms with Crippen molar-refractivity contribution in [3.05, 3.63) is 34.6 Å². The van der Waals surface area contributed by atoms with Gasteiger partial charge in [-0.1, -0.05) is 24.6 Å². The van der Waals surface area contributed by atoms with Crippen molar-refractivity contribution in [2.45, 2.75) is 32.4 Å². The van der Waals surface area contributed by atoms with Crippen LogP contribution in [0.2, 0.25) is 5.02 Å². The number of aliphatic carboxylic acids is 1. The van der Waals surface area contributed by atoms with E-state index in [2.05, 4.69) is 5.32 Å². The summed E-state index contributed by atoms with van der Waals surface area (Å²) in [5.41, 5.74) is 0.0993. The lowest BCUT2D eigenvalue weighted by Crippen LogP contribution is -2.35. The summed E-state index contributed by atoms with van der Waals surface area (Å²) >= 11 is 5.63. The molecule has 2 N–H and O–H groups in total. The standard InChI is InChI=1S/C12H15ClFNO2/c1-3-7(2)15-11(12(16)17)9-5-4-8(13)6-10(9)14/h4-7,11,15H,3H2,1-2H3,(H,16,17). The smallest absolute Gasteiger partial charge is 0.325 e. The molecule has 94 valence electrons. The summed E-state index contributed by atoms with van der Waals surface area (Å²) in [6.45, 7) is 3.78. The molecule has 1 aromatic carbocycles. The molecule has 17 heavy (non-hydrogen) atoms. The minimum absolute atomic E-state index is 0.00817. The second-order valence-corrected chi connectivity index (χ2v) is 4.35. The number of halogens is 2. The summed E-state index contributed by atoms with van der Waals surface area (Å²) in [5.74, 6) is -1.72. The average molecular weight is 260 g/mol. The molecule has 0 heterocycles. The first kappa shape index (κ1) is 13.9. The van der Waals surface area contributed by atoms with E-state index in [4.69, 9.17) is 16.7 Å². The number of carbonyl (C=O) groups is 1. The highest BCUT2D eigenvalue weighted by Crippen LogP contribution is 2.21. The van der Waals surface area contributed by atoms with Gasteiger partial charge in [0.1, 0.15) is 11.9 Å². The van der Waals surface area contributed by atoms with Crippen LogP contribution in [0.25, 0.3) is 0 Å². The molecule has 1 aromatic rings. The van der Waals surface area contributed by atoms with Crippen LogP contribution in [-0.2, 0) is 4.79 Å². The Labute approximate surface area is 105 Å². The molecule has 0 saturated heterocycles. The molecule has 2 unspecified atom stereocenters. The topological polar surface area (TPSA) is 49.3 Å². The van der Waals surface area contributed by atoms with Crippen LogP contribution >= 0.6 is 11.6 Å². The summed E-state index contributed by atoms with van der Waals surface area (Å²) in [6, 6.07) is 2.93. The number of benzene rings is 1. The van der Waals surface area contributed by atoms with Gasteiger partial charge in [0.25, 0.3) is 0 Å². The van der Waals surface area contributed by atoms with Crippen LogP contribution in [0.3, 0.4) is 0 Å². The fourth-order valence-electron chi connectivity index (χ4n) is 1.43. The lowest BCUT2D eigenvalue weighted by Gasteiger charge is -2.19. The second kappa shape index (κ2) is 5.98. The van der Waals surface area contributed by atoms with E-state index in [1.54, 1.807) is 0 Å². The van der Waals surface area contributed by atoms with Crippen molar-refractivity contribution >= 4 is 17.6 Å². The van der Waals surface area contributed by atoms with E-state index in [0.717, 1.165) is 12.5 Å². The molecule has 0 bridgehead atoms. The highest BCUT2D eigenvalue weighted by atomic mass is 35.5. The van der Waals surface area contributed by atoms with Gasteiger partial charge in [-0.15, -0.1) is 0 Å². The van der Waals surface area contributed by atoms with Crippen molar-refractivity contribution in [1.29, 1.82) is 0 Å². The SMILES string of the molecule is CCC(C)NC(C(=O)O)c1ccc(Cl)cc1F. The molecule has 3 nitrogen and oxygen atoms in total. The van der Waals surface area contributed by atoms with Crippen molar-refractivity contribution in [2.24, 2.45) is 0 Å². The van der Waals surface area contributed by atoms with Crippen molar-refractivity contribution in [3.63, 3.8) is 0 Å². The Kier molecular flexibility index (Phi) is 4.90. The molecule has 2 atom stereocenters. The van der Waals surface area contributed by atoms with Gasteiger partial charge >= 0.3 is 5.97 Å². The highest BCUT2D eigenvalue weighted by Gasteiger charge is 2.24. The van der Waals surface area contributed by atoms with Gasteiger partial charge in [-0.2, -0.15) is 0 Å². The fraction of sp³-hybridized carbons (Fsp3) is 0.417. The Hall–Kier alpha value is -1.13. The summed E-state index contributed by atoms with van der Waals surface area (Å²) < 4.78 is 13.6. The molecular formula is C12H15ClFNO2. The molecule has 0 fully saturated rings. The summed E-state index contributed by atoms with van der Waals surface area (Å²) in [7, 11) is 0. The van der Waals surface area contributed by atoms with Crippen molar-refractivity contribution in [3.8, 4) is 0 Å². The number of carboxylic acid groups (broad SMARTS) is 1. The summed E-state index contributed by atoms with van der Waals surface area (Å²) in [4.78, 5) is 11.1. The maximum absolute atomic E-state index is 13.6. The van der Waals surface area contributed by atoms with Crippen molar-refractivity contribution in [2.75, 3.05) is 0 Å². The molecule has 5 heteroatoms. The quantitative estimate of drug-likeness (QED) is 0.855. The van der Waals surface area contributed by atoms with Gasteiger partial charge in [0.15, 0.2) is 0 Å². The third-order valence-corrected chi connectivity index (χ3v) is 2.82. The predicted molar refractivity (Wildman–Crippen MR) is 64.7 cm³/mol. The summed E-state index contributed by atoms with van der Waals surface area (Å²) in [6.07, 6.45) is 0.763. The fourth-order valence-corrected chi connectivity index (χ4v) is 1.59. The monoisotopic (exact) mass is 259 g/mol. The van der Waals surface area contributed by atoms with Gasteiger partial charge in [0, 0.05) is 16.6 Å². The zero-order chi connectivity index (χ0) is 13.0. The van der Waals surface area contributed by atoms with Crippen LogP contribution in [0.15, 0.2) is 18.2 Å². The number of carboxylic acids is 1. The number of hydrogen-bond donors (Lipinski definition) is 2. The van der Waals surface area contributed by atoms with E-state index in [1.165, 1.54) is 12.1 Å². The van der Waals surface area contributed by atoms with Crippen LogP contribution in [0.5, 0.6) is 0 Å². The summed E-state index contributed by atoms with van der Waals surface area (Å²) in [5, 5.41) is 12.2. The molecule has 0 aliphatic rings. The van der Waals surface area contributed by atoms with E-state index >= 15 is 0 Å². The first-order chi connectivity index (χ1) is 7.95. The Morgan fingerprint density at radius 3 is 2.71 bits per heavy atom. The minimum Gasteiger partial charge on any atom is -0.480 e. The van der Waals surface area contributed by atoms with Crippen LogP contribution in [0, 0.1) is 5.82 Å². The predicted octanol–water partition coefficient (Wildman–Crippen LogP) is 2.99. The van der Waals surface area contributed by atoms with E-state index < -0.39 is 17.8 Å². The maximum Gasteiger partial charge on any atom is 0.325 e. The van der Waals surface area contributed by atoms with E-state index in [1.807, 2.05) is 13.8 Å². The zero-order valence-corrected chi connectivity index (χ0v) is 10.5. The molecule has 0 radical (unpaired) electrons. The van der Waals surface area contributed by atoms with Crippen LogP contribution in [-0.4, -0.2) is 17.1 Å². The van der Waals surface area contributed by atoms with Gasteiger partial charge in [-0.3, -0.25) is 10.1 Å². The molecule has 1 rings (SSSR count). The van der Waals surface area contributed by atoms with Gasteiger partial charge in [0.2, 0.25) is 0 Å². The third kappa shape index (κ3) is 3.68. The number of nitrogens with one attached hydrogen (secondary N) is 1. The highest BCUT2D eigenvalue weighted by molar-refractivity contribution is 6.30. The van der Waals surface area contributed by atoms with Crippen LogP contribution in [0.4, 0.5) is 4.39 Å². The lowest BCUT2D eigenvalue weighted by molar-refractivity contribution is -0.140. The number of hydrogen-bond acceptors (Lipinski definition) is 2. The van der Waals surface area contributed by atoms with Gasteiger partial charge in [0.05, 0.1) is 0 Å². The molecular weight excluding hydrogens is 245 g/mol. The Balaban J connectivity index is 3.01. The second-order valence-electron chi connectivity index (χ2n) is 3.91. The Bertz CT molecular complexity index is 411. The average Bonchev–Trinajstić information content (AvgIpc) is 2.26. The molecule has 0 aliphatic heterocycles. The molecule has 0 amide bonds. The third-order valence-electron chi connectivity index (χ3n) is 2.58. The minimum atomic E-state index is -1.11. The van der Waals surface area contributed by atoms with E-state index in [-0.39, 0.29) is 16.6 Å². The van der Waals surface area contributed by atoms with Gasteiger partial charge in [-0.25, -0.2) is 4.39 Å². The van der Waals surface area contributed by atoms with Crippen molar-refractivity contribution < 1.29 is 14.3 Å². The van der Waals surface area contributed by atoms with Crippen LogP contribution in [0.1, 0.15) is 31.9 Å². The maximum atomic E-state index is 13.6. The van der Waals surface area contributed by atoms with Gasteiger partial charge in [-0.05, 0) is 25.5 Å². The molecule has 0 aliphatic carbocycles. The Morgan fingerprint density at radius 1 is 1.59 bits per heavy atom. The van der Waals surface area contributed by atoms with E-state index in [9.17, 15) is 9.18 Å². The van der Waals surface area contributed by atoms with Gasteiger partial charge < -0.3 is 5.11 Å². The lowest BCUT2D eigenvalue weighted by atomic mass is 10.0. The largest absolute Gasteiger partial charge is 0.480 e. The Morgan fingerprint density at radius 2 is 2.24 bits per heavy atom. The van der Waals surface area contributed by atoms with Crippen LogP contribution < -0.4 is 5.32 Å². The first-order valence-corrected chi connectivity index (χ1v) is 5.77. The molecule has 0 saturated carbocycles. The number of rotatable bonds is 5. The normalized spacial score (nSPS) is 14.4. The zero-order valence-electron chi connectivity index (χ0n) is 9.71. The molecule has 0 spiro atoms. The van der Waals surface area contributed by atoms with E-state index in [0.29, 0.717) is 0 Å². The van der Waals surface area contributed by atoms with Crippen molar-refractivity contribution in [1.82, 2.24) is 5.32 Å².